The van der Waals surface area contributed by atoms with Crippen LogP contribution in [0, 0.1) is 0 Å². The summed E-state index contributed by atoms with van der Waals surface area (Å²) in [7, 11) is 1.92. The second-order valence-electron chi connectivity index (χ2n) is 13.5. The van der Waals surface area contributed by atoms with Crippen LogP contribution in [-0.2, 0) is 28.8 Å². The van der Waals surface area contributed by atoms with Gasteiger partial charge in [-0.2, -0.15) is 13.2 Å². The lowest BCUT2D eigenvalue weighted by Crippen LogP contribution is -2.46. The number of nitrogens with one attached hydrogen (secondary N) is 4. The molecule has 7 rings (SSSR count). The van der Waals surface area contributed by atoms with E-state index < -0.39 is 11.7 Å². The molecule has 11 nitrogen and oxygen atoms in total. The molecule has 1 unspecified atom stereocenters. The van der Waals surface area contributed by atoms with Crippen LogP contribution in [0.25, 0.3) is 5.70 Å². The molecule has 0 radical (unpaired) electrons. The van der Waals surface area contributed by atoms with Gasteiger partial charge >= 0.3 is 6.18 Å². The van der Waals surface area contributed by atoms with Gasteiger partial charge in [-0.1, -0.05) is 12.1 Å². The van der Waals surface area contributed by atoms with E-state index in [1.807, 2.05) is 29.1 Å². The molecule has 3 aromatic carbocycles. The zero-order valence-corrected chi connectivity index (χ0v) is 29.3. The third-order valence-corrected chi connectivity index (χ3v) is 9.65. The molecule has 4 aliphatic rings. The molecule has 278 valence electrons. The third kappa shape index (κ3) is 8.43. The van der Waals surface area contributed by atoms with Crippen LogP contribution in [0.4, 0.5) is 18.9 Å². The molecule has 1 saturated carbocycles. The quantitative estimate of drug-likeness (QED) is 0.177. The molecule has 0 aromatic heterocycles. The smallest absolute Gasteiger partial charge is 0.416 e. The Kier molecular flexibility index (Phi) is 10.3. The molecule has 3 heterocycles. The zero-order chi connectivity index (χ0) is 37.1. The highest BCUT2D eigenvalue weighted by atomic mass is 19.4. The average molecular weight is 731 g/mol. The van der Waals surface area contributed by atoms with Crippen LogP contribution < -0.4 is 26.0 Å². The van der Waals surface area contributed by atoms with E-state index in [-0.39, 0.29) is 43.5 Å². The van der Waals surface area contributed by atoms with Crippen LogP contribution in [-0.4, -0.2) is 73.6 Å². The summed E-state index contributed by atoms with van der Waals surface area (Å²) < 4.78 is 50.5. The summed E-state index contributed by atoms with van der Waals surface area (Å²) in [5, 5.41) is 12.5. The molecule has 3 aliphatic heterocycles. The molecule has 1 aliphatic carbocycles. The highest BCUT2D eigenvalue weighted by molar-refractivity contribution is 5.99. The summed E-state index contributed by atoms with van der Waals surface area (Å²) in [6, 6.07) is 15.6. The molecule has 1 atom stereocenters. The number of halogens is 3. The van der Waals surface area contributed by atoms with Crippen molar-refractivity contribution in [3.05, 3.63) is 112 Å². The Bertz CT molecular complexity index is 1960. The fraction of sp³-hybridized carbons (Fsp3) is 0.359. The van der Waals surface area contributed by atoms with Crippen molar-refractivity contribution in [3.63, 3.8) is 0 Å². The number of anilines is 1. The van der Waals surface area contributed by atoms with Crippen LogP contribution in [0.2, 0.25) is 0 Å². The maximum Gasteiger partial charge on any atom is 0.416 e. The highest BCUT2D eigenvalue weighted by Gasteiger charge is 2.39. The number of fused-ring (bicyclic) bond motifs is 1. The summed E-state index contributed by atoms with van der Waals surface area (Å²) >= 11 is 0. The Morgan fingerprint density at radius 2 is 1.77 bits per heavy atom. The summed E-state index contributed by atoms with van der Waals surface area (Å²) in [5.74, 6) is 0.346. The van der Waals surface area contributed by atoms with Crippen LogP contribution in [0.15, 0.2) is 78.1 Å². The van der Waals surface area contributed by atoms with E-state index in [9.17, 15) is 27.6 Å². The first-order valence-electron chi connectivity index (χ1n) is 17.7. The fourth-order valence-electron chi connectivity index (χ4n) is 6.75. The summed E-state index contributed by atoms with van der Waals surface area (Å²) in [6.07, 6.45) is 0.498. The number of piperidine rings is 1. The van der Waals surface area contributed by atoms with Gasteiger partial charge in [-0.05, 0) is 84.5 Å². The van der Waals surface area contributed by atoms with Crippen LogP contribution in [0.3, 0.4) is 0 Å². The minimum absolute atomic E-state index is 0.0110. The molecular weight excluding hydrogens is 689 g/mol. The van der Waals surface area contributed by atoms with Crippen LogP contribution in [0.5, 0.6) is 5.75 Å². The van der Waals surface area contributed by atoms with Gasteiger partial charge in [-0.25, -0.2) is 0 Å². The Balaban J connectivity index is 0.866. The minimum atomic E-state index is -4.39. The van der Waals surface area contributed by atoms with E-state index in [0.717, 1.165) is 53.2 Å². The second-order valence-corrected chi connectivity index (χ2v) is 13.5. The molecule has 0 bridgehead atoms. The number of allylic oxidation sites excluding steroid dienone is 1. The maximum atomic E-state index is 13.3. The maximum absolute atomic E-state index is 13.3. The molecule has 2 fully saturated rings. The van der Waals surface area contributed by atoms with Gasteiger partial charge < -0.3 is 40.5 Å². The van der Waals surface area contributed by atoms with E-state index in [4.69, 9.17) is 9.47 Å². The van der Waals surface area contributed by atoms with Crippen molar-refractivity contribution in [2.75, 3.05) is 45.4 Å². The number of rotatable bonds is 13. The molecule has 0 spiro atoms. The number of nitrogens with zero attached hydrogens (tertiary/aromatic N) is 2. The topological polar surface area (TPSA) is 124 Å². The molecule has 4 N–H and O–H groups in total. The van der Waals surface area contributed by atoms with Gasteiger partial charge in [0.2, 0.25) is 5.91 Å². The van der Waals surface area contributed by atoms with Gasteiger partial charge in [-0.3, -0.25) is 14.4 Å². The van der Waals surface area contributed by atoms with Crippen molar-refractivity contribution in [2.45, 2.75) is 51.0 Å². The molecule has 53 heavy (non-hydrogen) atoms. The van der Waals surface area contributed by atoms with Gasteiger partial charge in [-0.15, -0.1) is 0 Å². The Morgan fingerprint density at radius 1 is 0.962 bits per heavy atom. The minimum Gasteiger partial charge on any atom is -0.491 e. The molecule has 1 saturated heterocycles. The number of alkyl halides is 3. The van der Waals surface area contributed by atoms with E-state index in [2.05, 4.69) is 21.3 Å². The van der Waals surface area contributed by atoms with Gasteiger partial charge in [0.15, 0.2) is 0 Å². The van der Waals surface area contributed by atoms with Crippen molar-refractivity contribution in [1.82, 2.24) is 25.8 Å². The van der Waals surface area contributed by atoms with Crippen molar-refractivity contribution < 1.29 is 37.0 Å². The average Bonchev–Trinajstić information content (AvgIpc) is 3.83. The summed E-state index contributed by atoms with van der Waals surface area (Å²) in [5.41, 5.74) is 6.42. The third-order valence-electron chi connectivity index (χ3n) is 9.65. The van der Waals surface area contributed by atoms with Crippen LogP contribution >= 0.6 is 0 Å². The predicted molar refractivity (Wildman–Crippen MR) is 191 cm³/mol. The lowest BCUT2D eigenvalue weighted by molar-refractivity contribution is -0.137. The molecule has 3 amide bonds. The first kappa shape index (κ1) is 35.9. The first-order valence-corrected chi connectivity index (χ1v) is 17.7. The number of amides is 3. The van der Waals surface area contributed by atoms with Crippen molar-refractivity contribution in [2.24, 2.45) is 0 Å². The van der Waals surface area contributed by atoms with E-state index >= 15 is 0 Å². The number of benzene rings is 3. The van der Waals surface area contributed by atoms with E-state index in [0.29, 0.717) is 61.6 Å². The summed E-state index contributed by atoms with van der Waals surface area (Å²) in [4.78, 5) is 42.1. The Labute approximate surface area is 305 Å². The highest BCUT2D eigenvalue weighted by Crippen LogP contribution is 2.38. The second kappa shape index (κ2) is 15.2. The molecular formula is C39H41F3N6O5. The van der Waals surface area contributed by atoms with E-state index in [1.165, 1.54) is 17.7 Å². The van der Waals surface area contributed by atoms with Gasteiger partial charge in [0.05, 0.1) is 37.2 Å². The Morgan fingerprint density at radius 3 is 2.51 bits per heavy atom. The molecule has 3 aromatic rings. The number of hydrogen-bond donors (Lipinski definition) is 4. The van der Waals surface area contributed by atoms with Gasteiger partial charge in [0, 0.05) is 67.4 Å². The fourth-order valence-corrected chi connectivity index (χ4v) is 6.75. The standard InChI is InChI=1S/C39H41F3N6O5/c1-47-22-33(45-23-47)31-19-26(6-11-32(31)44-20-24-2-7-28(8-3-24)39(40,41)42)37(50)43-14-15-52-16-17-53-29-9-10-30-27(18-29)21-48(38(30)51)34-12-13-35(49)46-36(34)25-4-5-25/h2-3,6-11,18-19,22,34,44-45H,4-5,12-17,20-21,23H2,1H3,(H,43,50)(H,46,49). The number of hydrogen-bond acceptors (Lipinski definition) is 8. The van der Waals surface area contributed by atoms with Gasteiger partial charge in [0.25, 0.3) is 11.8 Å². The molecule has 14 heteroatoms. The van der Waals surface area contributed by atoms with E-state index in [1.54, 1.807) is 30.3 Å². The predicted octanol–water partition coefficient (Wildman–Crippen LogP) is 5.22. The van der Waals surface area contributed by atoms with Crippen molar-refractivity contribution >= 4 is 29.1 Å². The largest absolute Gasteiger partial charge is 0.491 e. The monoisotopic (exact) mass is 730 g/mol. The Hall–Kier alpha value is -5.50. The lowest BCUT2D eigenvalue weighted by atomic mass is 10.0. The SMILES string of the molecule is CN1C=C(c2cc(C(=O)NCCOCCOc3ccc4c(c3)CN(C3CCC(=O)NC3=C3CC3)C4=O)ccc2NCc2ccc(C(F)(F)F)cc2)NC1. The van der Waals surface area contributed by atoms with Gasteiger partial charge in [0.1, 0.15) is 12.4 Å². The first-order chi connectivity index (χ1) is 25.5. The van der Waals surface area contributed by atoms with Crippen molar-refractivity contribution in [3.8, 4) is 5.75 Å². The zero-order valence-electron chi connectivity index (χ0n) is 29.3. The normalized spacial score (nSPS) is 18.0. The van der Waals surface area contributed by atoms with Crippen LogP contribution in [0.1, 0.15) is 68.7 Å². The summed E-state index contributed by atoms with van der Waals surface area (Å²) in [6.45, 7) is 2.50. The van der Waals surface area contributed by atoms with Crippen molar-refractivity contribution in [1.29, 1.82) is 0 Å². The number of ether oxygens (including phenoxy) is 2. The number of carbonyl (C=O) groups is 3. The number of carbonyl (C=O) groups excluding carboxylic acids is 3. The lowest BCUT2D eigenvalue weighted by Gasteiger charge is -2.33.